The summed E-state index contributed by atoms with van der Waals surface area (Å²) in [4.78, 5) is 0. The number of hydrogen-bond acceptors (Lipinski definition) is 0. The topological polar surface area (TPSA) is 0 Å². The van der Waals surface area contributed by atoms with E-state index in [0.717, 1.165) is 12.5 Å². The summed E-state index contributed by atoms with van der Waals surface area (Å²) in [6, 6.07) is 1.50. The lowest BCUT2D eigenvalue weighted by Gasteiger charge is -2.00. The molecule has 10 heavy (non-hydrogen) atoms. The molecule has 1 atom stereocenters. The van der Waals surface area contributed by atoms with Crippen molar-refractivity contribution in [2.24, 2.45) is 0 Å². The molecule has 60 valence electrons. The minimum atomic E-state index is -1.85. The fourth-order valence-corrected chi connectivity index (χ4v) is 2.24. The molecule has 0 N–H and O–H groups in total. The maximum Gasteiger partial charge on any atom is 0.235 e. The van der Waals surface area contributed by atoms with Gasteiger partial charge < -0.3 is 4.11 Å². The summed E-state index contributed by atoms with van der Waals surface area (Å²) in [7, 11) is -1.85. The van der Waals surface area contributed by atoms with Crippen LogP contribution in [-0.4, -0.2) is 9.13 Å². The smallest absolute Gasteiger partial charge is 0.235 e. The maximum atomic E-state index is 12.8. The monoisotopic (exact) mass is 160 g/mol. The minimum Gasteiger partial charge on any atom is -0.318 e. The van der Waals surface area contributed by atoms with Crippen LogP contribution in [0.5, 0.6) is 0 Å². The number of halogens is 1. The standard InChI is InChI=1S/C8H17FSi/c1-3-5-6-8-10(9)7-4-2/h4,10H,2-3,5-8H2,1H3. The Labute approximate surface area is 64.9 Å². The van der Waals surface area contributed by atoms with E-state index in [1.807, 2.05) is 0 Å². The molecule has 0 radical (unpaired) electrons. The van der Waals surface area contributed by atoms with Crippen LogP contribution in [0.3, 0.4) is 0 Å². The Morgan fingerprint density at radius 1 is 1.50 bits per heavy atom. The van der Waals surface area contributed by atoms with Crippen molar-refractivity contribution in [3.63, 3.8) is 0 Å². The van der Waals surface area contributed by atoms with E-state index in [1.54, 1.807) is 6.08 Å². The van der Waals surface area contributed by atoms with Gasteiger partial charge in [-0.25, -0.2) is 0 Å². The second-order valence-electron chi connectivity index (χ2n) is 2.62. The van der Waals surface area contributed by atoms with Gasteiger partial charge in [-0.3, -0.25) is 0 Å². The second kappa shape index (κ2) is 7.00. The lowest BCUT2D eigenvalue weighted by atomic mass is 10.3. The molecule has 0 aliphatic heterocycles. The molecule has 0 heterocycles. The van der Waals surface area contributed by atoms with Crippen LogP contribution in [0.2, 0.25) is 12.1 Å². The highest BCUT2D eigenvalue weighted by atomic mass is 28.3. The van der Waals surface area contributed by atoms with Gasteiger partial charge >= 0.3 is 0 Å². The van der Waals surface area contributed by atoms with Crippen LogP contribution < -0.4 is 0 Å². The van der Waals surface area contributed by atoms with Crippen LogP contribution in [0.25, 0.3) is 0 Å². The summed E-state index contributed by atoms with van der Waals surface area (Å²) < 4.78 is 12.8. The molecule has 0 aliphatic carbocycles. The van der Waals surface area contributed by atoms with Gasteiger partial charge in [-0.2, -0.15) is 0 Å². The van der Waals surface area contributed by atoms with Gasteiger partial charge in [0, 0.05) is 0 Å². The summed E-state index contributed by atoms with van der Waals surface area (Å²) in [5, 5.41) is 0. The van der Waals surface area contributed by atoms with Crippen LogP contribution in [0.4, 0.5) is 4.11 Å². The number of allylic oxidation sites excluding steroid dienone is 1. The zero-order valence-corrected chi connectivity index (χ0v) is 7.93. The number of rotatable bonds is 6. The van der Waals surface area contributed by atoms with E-state index < -0.39 is 9.13 Å². The average Bonchev–Trinajstić information content (AvgIpc) is 1.89. The molecule has 0 aliphatic rings. The van der Waals surface area contributed by atoms with Gasteiger partial charge in [0.15, 0.2) is 0 Å². The second-order valence-corrected chi connectivity index (χ2v) is 4.86. The van der Waals surface area contributed by atoms with Crippen molar-refractivity contribution in [2.75, 3.05) is 0 Å². The molecule has 0 saturated carbocycles. The van der Waals surface area contributed by atoms with E-state index in [1.165, 1.54) is 12.8 Å². The van der Waals surface area contributed by atoms with Gasteiger partial charge in [-0.05, 0) is 12.1 Å². The molecule has 0 nitrogen and oxygen atoms in total. The minimum absolute atomic E-state index is 0.656. The van der Waals surface area contributed by atoms with Crippen molar-refractivity contribution >= 4 is 9.13 Å². The normalized spacial score (nSPS) is 13.0. The molecule has 0 fully saturated rings. The van der Waals surface area contributed by atoms with Crippen molar-refractivity contribution < 1.29 is 4.11 Å². The van der Waals surface area contributed by atoms with Gasteiger partial charge in [-0.15, -0.1) is 6.58 Å². The lowest BCUT2D eigenvalue weighted by molar-refractivity contribution is 0.730. The third kappa shape index (κ3) is 6.01. The van der Waals surface area contributed by atoms with E-state index in [4.69, 9.17) is 0 Å². The summed E-state index contributed by atoms with van der Waals surface area (Å²) in [6.45, 7) is 5.66. The zero-order chi connectivity index (χ0) is 7.82. The predicted octanol–water partition coefficient (Wildman–Crippen LogP) is 3.06. The van der Waals surface area contributed by atoms with E-state index in [9.17, 15) is 4.11 Å². The van der Waals surface area contributed by atoms with E-state index in [0.29, 0.717) is 6.04 Å². The Balaban J connectivity index is 3.04. The first kappa shape index (κ1) is 9.89. The molecule has 0 amide bonds. The summed E-state index contributed by atoms with van der Waals surface area (Å²) in [5.41, 5.74) is 0. The fourth-order valence-electron chi connectivity index (χ4n) is 0.915. The van der Waals surface area contributed by atoms with Gasteiger partial charge in [0.05, 0.1) is 0 Å². The first-order valence-corrected chi connectivity index (χ1v) is 6.13. The third-order valence-electron chi connectivity index (χ3n) is 1.54. The molecule has 0 spiro atoms. The van der Waals surface area contributed by atoms with Crippen molar-refractivity contribution in [3.05, 3.63) is 12.7 Å². The Morgan fingerprint density at radius 3 is 2.70 bits per heavy atom. The maximum absolute atomic E-state index is 12.8. The van der Waals surface area contributed by atoms with Crippen molar-refractivity contribution in [1.29, 1.82) is 0 Å². The van der Waals surface area contributed by atoms with E-state index >= 15 is 0 Å². The lowest BCUT2D eigenvalue weighted by Crippen LogP contribution is -2.01. The van der Waals surface area contributed by atoms with Gasteiger partial charge in [0.1, 0.15) is 0 Å². The summed E-state index contributed by atoms with van der Waals surface area (Å²) in [6.07, 6.45) is 5.17. The molecule has 0 aromatic heterocycles. The highest BCUT2D eigenvalue weighted by Gasteiger charge is 2.05. The van der Waals surface area contributed by atoms with Crippen LogP contribution >= 0.6 is 0 Å². The molecular weight excluding hydrogens is 143 g/mol. The van der Waals surface area contributed by atoms with Crippen LogP contribution in [0, 0.1) is 0 Å². The molecule has 0 aromatic carbocycles. The van der Waals surface area contributed by atoms with Crippen LogP contribution in [0.15, 0.2) is 12.7 Å². The van der Waals surface area contributed by atoms with E-state index in [2.05, 4.69) is 13.5 Å². The highest BCUT2D eigenvalue weighted by molar-refractivity contribution is 6.51. The Hall–Kier alpha value is -0.113. The molecule has 0 saturated heterocycles. The van der Waals surface area contributed by atoms with Crippen LogP contribution in [-0.2, 0) is 0 Å². The SMILES string of the molecule is C=CC[SiH](F)CCCCC. The van der Waals surface area contributed by atoms with Crippen molar-refractivity contribution in [3.8, 4) is 0 Å². The van der Waals surface area contributed by atoms with Gasteiger partial charge in [0.25, 0.3) is 0 Å². The van der Waals surface area contributed by atoms with Crippen molar-refractivity contribution in [2.45, 2.75) is 38.3 Å². The molecule has 2 heteroatoms. The Bertz CT molecular complexity index is 83.3. The first-order chi connectivity index (χ1) is 4.81. The van der Waals surface area contributed by atoms with E-state index in [-0.39, 0.29) is 0 Å². The largest absolute Gasteiger partial charge is 0.318 e. The molecular formula is C8H17FSi. The van der Waals surface area contributed by atoms with Gasteiger partial charge in [0.2, 0.25) is 9.13 Å². The third-order valence-corrected chi connectivity index (χ3v) is 3.42. The summed E-state index contributed by atoms with van der Waals surface area (Å²) >= 11 is 0. The number of unbranched alkanes of at least 4 members (excludes halogenated alkanes) is 2. The average molecular weight is 160 g/mol. The Kier molecular flexibility index (Phi) is 6.92. The summed E-state index contributed by atoms with van der Waals surface area (Å²) in [5.74, 6) is 0. The quantitative estimate of drug-likeness (QED) is 0.242. The van der Waals surface area contributed by atoms with Crippen LogP contribution in [0.1, 0.15) is 26.2 Å². The first-order valence-electron chi connectivity index (χ1n) is 4.06. The van der Waals surface area contributed by atoms with Gasteiger partial charge in [-0.1, -0.05) is 32.3 Å². The zero-order valence-electron chi connectivity index (χ0n) is 6.78. The molecule has 0 bridgehead atoms. The molecule has 1 unspecified atom stereocenters. The predicted molar refractivity (Wildman–Crippen MR) is 47.6 cm³/mol. The highest BCUT2D eigenvalue weighted by Crippen LogP contribution is 2.08. The molecule has 0 aromatic rings. The Morgan fingerprint density at radius 2 is 2.20 bits per heavy atom. The fraction of sp³-hybridized carbons (Fsp3) is 0.750. The number of hydrogen-bond donors (Lipinski definition) is 0. The van der Waals surface area contributed by atoms with Crippen molar-refractivity contribution in [1.82, 2.24) is 0 Å². The molecule has 0 rings (SSSR count).